The molecule has 6 nitrogen and oxygen atoms in total. The summed E-state index contributed by atoms with van der Waals surface area (Å²) < 4.78 is 4.89. The van der Waals surface area contributed by atoms with Crippen LogP contribution >= 0.6 is 15.9 Å². The maximum Gasteiger partial charge on any atom is 0.433 e. The summed E-state index contributed by atoms with van der Waals surface area (Å²) in [6.45, 7) is 1.34. The average molecular weight is 303 g/mol. The molecule has 0 saturated carbocycles. The van der Waals surface area contributed by atoms with Crippen molar-refractivity contribution in [2.45, 2.75) is 6.42 Å². The Hall–Kier alpha value is -1.37. The summed E-state index contributed by atoms with van der Waals surface area (Å²) in [4.78, 5) is 23.4. The average Bonchev–Trinajstić information content (AvgIpc) is 2.97. The highest BCUT2D eigenvalue weighted by molar-refractivity contribution is 9.09. The predicted molar refractivity (Wildman–Crippen MR) is 63.2 cm³/mol. The lowest BCUT2D eigenvalue weighted by atomic mass is 10.2. The number of rotatable bonds is 3. The Balaban J connectivity index is 2.07. The molecule has 1 unspecified atom stereocenters. The van der Waals surface area contributed by atoms with E-state index in [1.807, 2.05) is 0 Å². The van der Waals surface area contributed by atoms with E-state index in [0.717, 1.165) is 11.8 Å². The van der Waals surface area contributed by atoms with Gasteiger partial charge in [0.15, 0.2) is 5.76 Å². The van der Waals surface area contributed by atoms with Gasteiger partial charge in [-0.25, -0.2) is 0 Å². The van der Waals surface area contributed by atoms with E-state index in [1.165, 1.54) is 12.1 Å². The molecule has 1 aromatic heterocycles. The van der Waals surface area contributed by atoms with Gasteiger partial charge in [-0.15, -0.1) is 0 Å². The molecule has 1 fully saturated rings. The third-order valence-electron chi connectivity index (χ3n) is 2.77. The smallest absolute Gasteiger partial charge is 0.395 e. The van der Waals surface area contributed by atoms with Gasteiger partial charge in [-0.3, -0.25) is 14.9 Å². The van der Waals surface area contributed by atoms with Crippen LogP contribution < -0.4 is 0 Å². The van der Waals surface area contributed by atoms with E-state index >= 15 is 0 Å². The normalized spacial score (nSPS) is 19.6. The molecule has 0 aliphatic carbocycles. The number of nitro groups is 1. The molecule has 1 aliphatic rings. The van der Waals surface area contributed by atoms with Crippen molar-refractivity contribution in [1.82, 2.24) is 4.90 Å². The number of alkyl halides is 1. The molecule has 2 rings (SSSR count). The largest absolute Gasteiger partial charge is 0.433 e. The van der Waals surface area contributed by atoms with Crippen LogP contribution in [0.3, 0.4) is 0 Å². The Bertz CT molecular complexity index is 445. The highest BCUT2D eigenvalue weighted by Gasteiger charge is 2.28. The maximum absolute atomic E-state index is 11.9. The van der Waals surface area contributed by atoms with Crippen LogP contribution in [0.5, 0.6) is 0 Å². The Morgan fingerprint density at radius 3 is 2.94 bits per heavy atom. The summed E-state index contributed by atoms with van der Waals surface area (Å²) in [6, 6.07) is 2.55. The van der Waals surface area contributed by atoms with Gasteiger partial charge in [0.2, 0.25) is 0 Å². The molecule has 1 aromatic rings. The van der Waals surface area contributed by atoms with E-state index in [9.17, 15) is 14.9 Å². The van der Waals surface area contributed by atoms with Crippen molar-refractivity contribution in [1.29, 1.82) is 0 Å². The van der Waals surface area contributed by atoms with Crippen molar-refractivity contribution in [2.75, 3.05) is 18.4 Å². The first-order chi connectivity index (χ1) is 8.11. The lowest BCUT2D eigenvalue weighted by Gasteiger charge is -2.13. The summed E-state index contributed by atoms with van der Waals surface area (Å²) in [5.74, 6) is -0.193. The first-order valence-electron chi connectivity index (χ1n) is 5.21. The highest BCUT2D eigenvalue weighted by Crippen LogP contribution is 2.22. The SMILES string of the molecule is O=C(c1ccc([N+](=O)[O-])o1)N1CCC(CBr)C1. The van der Waals surface area contributed by atoms with Crippen molar-refractivity contribution in [3.05, 3.63) is 28.0 Å². The Labute approximate surface area is 106 Å². The standard InChI is InChI=1S/C10H11BrN2O4/c11-5-7-3-4-12(6-7)10(14)8-1-2-9(17-8)13(15)16/h1-2,7H,3-6H2. The first kappa shape index (κ1) is 12.1. The van der Waals surface area contributed by atoms with E-state index in [2.05, 4.69) is 15.9 Å². The van der Waals surface area contributed by atoms with E-state index in [0.29, 0.717) is 19.0 Å². The van der Waals surface area contributed by atoms with Gasteiger partial charge in [0.1, 0.15) is 4.92 Å². The van der Waals surface area contributed by atoms with Crippen LogP contribution in [0.25, 0.3) is 0 Å². The third-order valence-corrected chi connectivity index (χ3v) is 3.69. The van der Waals surface area contributed by atoms with Crippen molar-refractivity contribution in [2.24, 2.45) is 5.92 Å². The van der Waals surface area contributed by atoms with Crippen molar-refractivity contribution in [3.8, 4) is 0 Å². The molecule has 0 aromatic carbocycles. The van der Waals surface area contributed by atoms with Crippen molar-refractivity contribution in [3.63, 3.8) is 0 Å². The fourth-order valence-corrected chi connectivity index (χ4v) is 2.37. The van der Waals surface area contributed by atoms with Crippen molar-refractivity contribution >= 4 is 27.7 Å². The minimum absolute atomic E-state index is 0.0342. The number of carbonyl (C=O) groups is 1. The quantitative estimate of drug-likeness (QED) is 0.486. The van der Waals surface area contributed by atoms with Crippen LogP contribution in [-0.2, 0) is 0 Å². The van der Waals surface area contributed by atoms with E-state index in [-0.39, 0.29) is 11.7 Å². The summed E-state index contributed by atoms with van der Waals surface area (Å²) >= 11 is 3.38. The zero-order chi connectivity index (χ0) is 12.4. The number of amides is 1. The van der Waals surface area contributed by atoms with Gasteiger partial charge < -0.3 is 9.32 Å². The maximum atomic E-state index is 11.9. The van der Waals surface area contributed by atoms with Gasteiger partial charge in [0, 0.05) is 18.4 Å². The molecule has 92 valence electrons. The molecule has 0 radical (unpaired) electrons. The molecular weight excluding hydrogens is 292 g/mol. The molecule has 1 amide bonds. The number of carbonyl (C=O) groups excluding carboxylic acids is 1. The van der Waals surface area contributed by atoms with Crippen LogP contribution in [0.4, 0.5) is 5.88 Å². The lowest BCUT2D eigenvalue weighted by Crippen LogP contribution is -2.28. The topological polar surface area (TPSA) is 76.6 Å². The van der Waals surface area contributed by atoms with Gasteiger partial charge in [0.25, 0.3) is 5.91 Å². The zero-order valence-corrected chi connectivity index (χ0v) is 10.6. The van der Waals surface area contributed by atoms with E-state index < -0.39 is 10.8 Å². The zero-order valence-electron chi connectivity index (χ0n) is 8.97. The van der Waals surface area contributed by atoms with Gasteiger partial charge in [-0.05, 0) is 18.4 Å². The minimum atomic E-state index is -0.651. The molecule has 1 atom stereocenters. The first-order valence-corrected chi connectivity index (χ1v) is 6.33. The molecule has 0 N–H and O–H groups in total. The molecule has 1 aliphatic heterocycles. The summed E-state index contributed by atoms with van der Waals surface area (Å²) in [5, 5.41) is 11.3. The highest BCUT2D eigenvalue weighted by atomic mass is 79.9. The van der Waals surface area contributed by atoms with Crippen LogP contribution in [0.2, 0.25) is 0 Å². The Morgan fingerprint density at radius 2 is 2.41 bits per heavy atom. The molecule has 0 bridgehead atoms. The third kappa shape index (κ3) is 2.49. The molecule has 2 heterocycles. The fourth-order valence-electron chi connectivity index (χ4n) is 1.84. The number of halogens is 1. The minimum Gasteiger partial charge on any atom is -0.395 e. The second-order valence-corrected chi connectivity index (χ2v) is 4.60. The Morgan fingerprint density at radius 1 is 1.65 bits per heavy atom. The number of likely N-dealkylation sites (tertiary alicyclic amines) is 1. The van der Waals surface area contributed by atoms with Gasteiger partial charge in [0.05, 0.1) is 6.07 Å². The van der Waals surface area contributed by atoms with E-state index in [1.54, 1.807) is 4.90 Å². The number of furan rings is 1. The lowest BCUT2D eigenvalue weighted by molar-refractivity contribution is -0.402. The molecule has 0 spiro atoms. The molecule has 7 heteroatoms. The van der Waals surface area contributed by atoms with Crippen LogP contribution in [0.1, 0.15) is 17.0 Å². The van der Waals surface area contributed by atoms with E-state index in [4.69, 9.17) is 4.42 Å². The number of hydrogen-bond acceptors (Lipinski definition) is 4. The number of hydrogen-bond donors (Lipinski definition) is 0. The summed E-state index contributed by atoms with van der Waals surface area (Å²) in [7, 11) is 0. The fraction of sp³-hybridized carbons (Fsp3) is 0.500. The summed E-state index contributed by atoms with van der Waals surface area (Å²) in [5.41, 5.74) is 0. The van der Waals surface area contributed by atoms with Crippen molar-refractivity contribution < 1.29 is 14.1 Å². The van der Waals surface area contributed by atoms with Gasteiger partial charge >= 0.3 is 5.88 Å². The number of nitrogens with zero attached hydrogens (tertiary/aromatic N) is 2. The van der Waals surface area contributed by atoms with Crippen LogP contribution in [0.15, 0.2) is 16.5 Å². The molecule has 17 heavy (non-hydrogen) atoms. The van der Waals surface area contributed by atoms with Gasteiger partial charge in [-0.1, -0.05) is 15.9 Å². The monoisotopic (exact) mass is 302 g/mol. The second kappa shape index (κ2) is 4.87. The summed E-state index contributed by atoms with van der Waals surface area (Å²) in [6.07, 6.45) is 0.944. The second-order valence-electron chi connectivity index (χ2n) is 3.96. The predicted octanol–water partition coefficient (Wildman–Crippen LogP) is 2.04. The van der Waals surface area contributed by atoms with Crippen LogP contribution in [-0.4, -0.2) is 34.2 Å². The molecule has 1 saturated heterocycles. The van der Waals surface area contributed by atoms with Crippen LogP contribution in [0, 0.1) is 16.0 Å². The molecular formula is C10H11BrN2O4. The Kier molecular flexibility index (Phi) is 3.46. The van der Waals surface area contributed by atoms with Gasteiger partial charge in [-0.2, -0.15) is 0 Å².